The second-order valence-electron chi connectivity index (χ2n) is 5.41. The third-order valence-electron chi connectivity index (χ3n) is 2.44. The fourth-order valence-corrected chi connectivity index (χ4v) is 1.76. The smallest absolute Gasteiger partial charge is 0.113 e. The van der Waals surface area contributed by atoms with E-state index < -0.39 is 0 Å². The first-order valence-electron chi connectivity index (χ1n) is 5.38. The third kappa shape index (κ3) is 2.20. The minimum Gasteiger partial charge on any atom is -0.303 e. The fraction of sp³-hybridized carbons (Fsp3) is 0.462. The molecule has 0 aliphatic carbocycles. The standard InChI is InChI=1S/C13H18N2/c1-10-5-6-11-8-14-12(15(11)9-10)7-13(2,3)4/h5-6,8-9H,7H2,1-4H3. The van der Waals surface area contributed by atoms with Crippen LogP contribution in [0.1, 0.15) is 32.2 Å². The second kappa shape index (κ2) is 3.37. The molecule has 0 bridgehead atoms. The Morgan fingerprint density at radius 2 is 2.00 bits per heavy atom. The third-order valence-corrected chi connectivity index (χ3v) is 2.44. The first kappa shape index (κ1) is 10.2. The summed E-state index contributed by atoms with van der Waals surface area (Å²) in [4.78, 5) is 4.48. The van der Waals surface area contributed by atoms with Crippen LogP contribution in [-0.2, 0) is 6.42 Å². The topological polar surface area (TPSA) is 17.3 Å². The van der Waals surface area contributed by atoms with E-state index in [1.807, 2.05) is 6.20 Å². The van der Waals surface area contributed by atoms with Gasteiger partial charge < -0.3 is 4.40 Å². The average molecular weight is 202 g/mol. The molecule has 0 amide bonds. The van der Waals surface area contributed by atoms with Gasteiger partial charge in [-0.2, -0.15) is 0 Å². The van der Waals surface area contributed by atoms with E-state index in [4.69, 9.17) is 0 Å². The summed E-state index contributed by atoms with van der Waals surface area (Å²) in [5, 5.41) is 0. The number of pyridine rings is 1. The molecule has 0 N–H and O–H groups in total. The molecule has 0 aliphatic rings. The maximum absolute atomic E-state index is 4.48. The molecule has 80 valence electrons. The van der Waals surface area contributed by atoms with Crippen LogP contribution >= 0.6 is 0 Å². The minimum atomic E-state index is 0.283. The van der Waals surface area contributed by atoms with E-state index in [9.17, 15) is 0 Å². The summed E-state index contributed by atoms with van der Waals surface area (Å²) in [5.41, 5.74) is 2.74. The molecule has 0 aromatic carbocycles. The number of fused-ring (bicyclic) bond motifs is 1. The molecule has 0 radical (unpaired) electrons. The van der Waals surface area contributed by atoms with Crippen molar-refractivity contribution >= 4 is 5.52 Å². The van der Waals surface area contributed by atoms with Gasteiger partial charge in [-0.1, -0.05) is 26.8 Å². The Hall–Kier alpha value is -1.31. The zero-order valence-electron chi connectivity index (χ0n) is 9.91. The lowest BCUT2D eigenvalue weighted by Crippen LogP contribution is -2.12. The van der Waals surface area contributed by atoms with Crippen LogP contribution < -0.4 is 0 Å². The van der Waals surface area contributed by atoms with Crippen molar-refractivity contribution in [3.05, 3.63) is 35.9 Å². The molecule has 2 rings (SSSR count). The van der Waals surface area contributed by atoms with E-state index in [0.717, 1.165) is 12.2 Å². The normalized spacial score (nSPS) is 12.3. The lowest BCUT2D eigenvalue weighted by molar-refractivity contribution is 0.400. The molecule has 2 heterocycles. The summed E-state index contributed by atoms with van der Waals surface area (Å²) >= 11 is 0. The van der Waals surface area contributed by atoms with E-state index >= 15 is 0 Å². The molecule has 2 aromatic heterocycles. The van der Waals surface area contributed by atoms with Gasteiger partial charge in [-0.15, -0.1) is 0 Å². The molecule has 0 unspecified atom stereocenters. The highest BCUT2D eigenvalue weighted by Crippen LogP contribution is 2.20. The molecule has 0 aliphatic heterocycles. The SMILES string of the molecule is Cc1ccc2cnc(CC(C)(C)C)n2c1. The Kier molecular flexibility index (Phi) is 2.29. The number of rotatable bonds is 1. The van der Waals surface area contributed by atoms with Crippen molar-refractivity contribution in [3.63, 3.8) is 0 Å². The van der Waals surface area contributed by atoms with Gasteiger partial charge in [0, 0.05) is 12.6 Å². The van der Waals surface area contributed by atoms with E-state index in [1.54, 1.807) is 0 Å². The Balaban J connectivity index is 2.48. The summed E-state index contributed by atoms with van der Waals surface area (Å²) in [7, 11) is 0. The Morgan fingerprint density at radius 1 is 1.27 bits per heavy atom. The molecule has 0 saturated carbocycles. The van der Waals surface area contributed by atoms with E-state index in [2.05, 4.69) is 55.4 Å². The van der Waals surface area contributed by atoms with Gasteiger partial charge in [0.25, 0.3) is 0 Å². The van der Waals surface area contributed by atoms with Crippen molar-refractivity contribution in [2.24, 2.45) is 5.41 Å². The summed E-state index contributed by atoms with van der Waals surface area (Å²) in [5.74, 6) is 1.15. The summed E-state index contributed by atoms with van der Waals surface area (Å²) in [6.45, 7) is 8.83. The number of nitrogens with zero attached hydrogens (tertiary/aromatic N) is 2. The Bertz CT molecular complexity index is 475. The number of hydrogen-bond donors (Lipinski definition) is 0. The van der Waals surface area contributed by atoms with Crippen LogP contribution in [0.15, 0.2) is 24.5 Å². The van der Waals surface area contributed by atoms with Crippen molar-refractivity contribution in [1.82, 2.24) is 9.38 Å². The van der Waals surface area contributed by atoms with E-state index in [0.29, 0.717) is 0 Å². The minimum absolute atomic E-state index is 0.283. The molecule has 0 atom stereocenters. The lowest BCUT2D eigenvalue weighted by Gasteiger charge is -2.16. The van der Waals surface area contributed by atoms with Gasteiger partial charge in [0.2, 0.25) is 0 Å². The zero-order chi connectivity index (χ0) is 11.1. The molecule has 2 aromatic rings. The maximum Gasteiger partial charge on any atom is 0.113 e. The number of aromatic nitrogens is 2. The lowest BCUT2D eigenvalue weighted by atomic mass is 9.92. The monoisotopic (exact) mass is 202 g/mol. The van der Waals surface area contributed by atoms with Crippen LogP contribution in [0.3, 0.4) is 0 Å². The predicted octanol–water partition coefficient (Wildman–Crippen LogP) is 3.23. The Morgan fingerprint density at radius 3 is 2.67 bits per heavy atom. The van der Waals surface area contributed by atoms with Crippen molar-refractivity contribution in [2.75, 3.05) is 0 Å². The molecule has 0 spiro atoms. The highest BCUT2D eigenvalue weighted by atomic mass is 15.0. The van der Waals surface area contributed by atoms with Gasteiger partial charge in [-0.05, 0) is 24.0 Å². The van der Waals surface area contributed by atoms with Crippen LogP contribution in [0.25, 0.3) is 5.52 Å². The molecule has 0 saturated heterocycles. The van der Waals surface area contributed by atoms with Crippen LogP contribution in [0.2, 0.25) is 0 Å². The van der Waals surface area contributed by atoms with Crippen molar-refractivity contribution in [2.45, 2.75) is 34.1 Å². The zero-order valence-corrected chi connectivity index (χ0v) is 9.91. The van der Waals surface area contributed by atoms with Crippen LogP contribution in [-0.4, -0.2) is 9.38 Å². The summed E-state index contributed by atoms with van der Waals surface area (Å²) < 4.78 is 2.20. The number of imidazole rings is 1. The van der Waals surface area contributed by atoms with Gasteiger partial charge in [-0.25, -0.2) is 4.98 Å². The second-order valence-corrected chi connectivity index (χ2v) is 5.41. The summed E-state index contributed by atoms with van der Waals surface area (Å²) in [6, 6.07) is 4.24. The quantitative estimate of drug-likeness (QED) is 0.694. The number of aryl methyl sites for hydroxylation is 1. The predicted molar refractivity (Wildman–Crippen MR) is 63.1 cm³/mol. The summed E-state index contributed by atoms with van der Waals surface area (Å²) in [6.07, 6.45) is 5.11. The van der Waals surface area contributed by atoms with Gasteiger partial charge in [0.05, 0.1) is 11.7 Å². The highest BCUT2D eigenvalue weighted by Gasteiger charge is 2.14. The first-order valence-corrected chi connectivity index (χ1v) is 5.38. The maximum atomic E-state index is 4.48. The fourth-order valence-electron chi connectivity index (χ4n) is 1.76. The van der Waals surface area contributed by atoms with Crippen molar-refractivity contribution in [3.8, 4) is 0 Å². The van der Waals surface area contributed by atoms with Gasteiger partial charge >= 0.3 is 0 Å². The van der Waals surface area contributed by atoms with E-state index in [1.165, 1.54) is 11.1 Å². The van der Waals surface area contributed by atoms with Crippen LogP contribution in [0.4, 0.5) is 0 Å². The molecule has 15 heavy (non-hydrogen) atoms. The van der Waals surface area contributed by atoms with Crippen molar-refractivity contribution < 1.29 is 0 Å². The van der Waals surface area contributed by atoms with Gasteiger partial charge in [0.1, 0.15) is 5.82 Å². The largest absolute Gasteiger partial charge is 0.303 e. The number of hydrogen-bond acceptors (Lipinski definition) is 1. The van der Waals surface area contributed by atoms with Gasteiger partial charge in [0.15, 0.2) is 0 Å². The first-order chi connectivity index (χ1) is 6.96. The molecular weight excluding hydrogens is 184 g/mol. The molecule has 0 fully saturated rings. The van der Waals surface area contributed by atoms with Crippen LogP contribution in [0, 0.1) is 12.3 Å². The van der Waals surface area contributed by atoms with Gasteiger partial charge in [-0.3, -0.25) is 0 Å². The molecular formula is C13H18N2. The van der Waals surface area contributed by atoms with Crippen LogP contribution in [0.5, 0.6) is 0 Å². The van der Waals surface area contributed by atoms with E-state index in [-0.39, 0.29) is 5.41 Å². The molecule has 2 heteroatoms. The Labute approximate surface area is 91.0 Å². The highest BCUT2D eigenvalue weighted by molar-refractivity contribution is 5.46. The molecule has 2 nitrogen and oxygen atoms in total. The average Bonchev–Trinajstić information content (AvgIpc) is 2.46. The van der Waals surface area contributed by atoms with Crippen molar-refractivity contribution in [1.29, 1.82) is 0 Å².